The molecule has 1 aromatic carbocycles. The minimum atomic E-state index is -4.47. The van der Waals surface area contributed by atoms with E-state index in [-0.39, 0.29) is 10.7 Å². The van der Waals surface area contributed by atoms with Crippen molar-refractivity contribution in [2.24, 2.45) is 0 Å². The molecule has 1 rings (SSSR count). The maximum Gasteiger partial charge on any atom is 0.405 e. The molecule has 0 aliphatic carbocycles. The summed E-state index contributed by atoms with van der Waals surface area (Å²) in [5.41, 5.74) is 0.247. The van der Waals surface area contributed by atoms with Crippen molar-refractivity contribution < 1.29 is 22.4 Å². The molecule has 0 aliphatic heterocycles. The van der Waals surface area contributed by atoms with E-state index in [0.29, 0.717) is 0 Å². The average molecular weight is 299 g/mol. The van der Waals surface area contributed by atoms with Gasteiger partial charge in [-0.25, -0.2) is 4.39 Å². The fraction of sp³-hybridized carbons (Fsp3) is 0.364. The number of anilines is 1. The van der Waals surface area contributed by atoms with Gasteiger partial charge in [-0.15, -0.1) is 0 Å². The third-order valence-corrected chi connectivity index (χ3v) is 2.47. The third kappa shape index (κ3) is 5.34. The van der Waals surface area contributed by atoms with Gasteiger partial charge in [0.25, 0.3) is 0 Å². The number of carbonyl (C=O) groups is 1. The molecule has 0 spiro atoms. The number of amides is 1. The number of nitrogens with one attached hydrogen (secondary N) is 2. The van der Waals surface area contributed by atoms with Crippen LogP contribution in [0.2, 0.25) is 5.02 Å². The Morgan fingerprint density at radius 2 is 2.05 bits per heavy atom. The van der Waals surface area contributed by atoms with E-state index in [0.717, 1.165) is 6.07 Å². The van der Waals surface area contributed by atoms with Gasteiger partial charge < -0.3 is 10.6 Å². The highest BCUT2D eigenvalue weighted by molar-refractivity contribution is 6.30. The van der Waals surface area contributed by atoms with Crippen LogP contribution in [0.25, 0.3) is 0 Å². The molecule has 0 heterocycles. The van der Waals surface area contributed by atoms with Crippen molar-refractivity contribution in [1.82, 2.24) is 5.32 Å². The molecule has 0 saturated heterocycles. The Labute approximate surface area is 111 Å². The summed E-state index contributed by atoms with van der Waals surface area (Å²) in [6, 6.07) is 2.80. The highest BCUT2D eigenvalue weighted by Gasteiger charge is 2.28. The van der Waals surface area contributed by atoms with Crippen molar-refractivity contribution in [2.45, 2.75) is 19.1 Å². The Balaban J connectivity index is 2.56. The Morgan fingerprint density at radius 1 is 1.42 bits per heavy atom. The van der Waals surface area contributed by atoms with Crippen LogP contribution >= 0.6 is 11.6 Å². The molecular weight excluding hydrogens is 288 g/mol. The molecule has 0 fully saturated rings. The van der Waals surface area contributed by atoms with Crippen molar-refractivity contribution in [1.29, 1.82) is 0 Å². The zero-order chi connectivity index (χ0) is 14.6. The van der Waals surface area contributed by atoms with Gasteiger partial charge in [0.2, 0.25) is 5.91 Å². The second-order valence-corrected chi connectivity index (χ2v) is 4.24. The molecule has 3 nitrogen and oxygen atoms in total. The summed E-state index contributed by atoms with van der Waals surface area (Å²) in [6.07, 6.45) is -4.47. The summed E-state index contributed by atoms with van der Waals surface area (Å²) in [5.74, 6) is -1.53. The number of rotatable bonds is 4. The first-order valence-corrected chi connectivity index (χ1v) is 5.63. The van der Waals surface area contributed by atoms with E-state index in [4.69, 9.17) is 11.6 Å². The van der Waals surface area contributed by atoms with Crippen molar-refractivity contribution in [2.75, 3.05) is 11.9 Å². The predicted octanol–water partition coefficient (Wildman–Crippen LogP) is 2.96. The number of hydrogen-bond acceptors (Lipinski definition) is 2. The van der Waals surface area contributed by atoms with Crippen LogP contribution in [0.4, 0.5) is 23.2 Å². The van der Waals surface area contributed by atoms with Crippen LogP contribution in [-0.4, -0.2) is 24.7 Å². The van der Waals surface area contributed by atoms with Crippen LogP contribution in [0.1, 0.15) is 6.92 Å². The van der Waals surface area contributed by atoms with Gasteiger partial charge in [0, 0.05) is 5.69 Å². The van der Waals surface area contributed by atoms with E-state index in [9.17, 15) is 22.4 Å². The number of benzene rings is 1. The van der Waals surface area contributed by atoms with Gasteiger partial charge in [-0.05, 0) is 25.1 Å². The van der Waals surface area contributed by atoms with Crippen LogP contribution < -0.4 is 10.6 Å². The molecule has 0 aromatic heterocycles. The number of hydrogen-bond donors (Lipinski definition) is 2. The van der Waals surface area contributed by atoms with E-state index < -0.39 is 30.5 Å². The lowest BCUT2D eigenvalue weighted by atomic mass is 10.2. The maximum atomic E-state index is 13.1. The van der Waals surface area contributed by atoms with Crippen LogP contribution in [0, 0.1) is 5.82 Å². The average Bonchev–Trinajstić information content (AvgIpc) is 2.29. The standard InChI is InChI=1S/C11H11ClF4N2O/c1-6(10(19)17-5-11(14,15)16)18-7-2-3-8(12)9(13)4-7/h2-4,6,18H,5H2,1H3,(H,17,19). The number of alkyl halides is 3. The van der Waals surface area contributed by atoms with Gasteiger partial charge in [-0.3, -0.25) is 4.79 Å². The first kappa shape index (κ1) is 15.6. The summed E-state index contributed by atoms with van der Waals surface area (Å²) in [6.45, 7) is -0.0505. The minimum Gasteiger partial charge on any atom is -0.374 e. The molecule has 106 valence electrons. The summed E-state index contributed by atoms with van der Waals surface area (Å²) in [5, 5.41) is 4.21. The van der Waals surface area contributed by atoms with Crippen molar-refractivity contribution in [3.05, 3.63) is 29.0 Å². The largest absolute Gasteiger partial charge is 0.405 e. The van der Waals surface area contributed by atoms with Crippen LogP contribution in [0.15, 0.2) is 18.2 Å². The first-order chi connectivity index (χ1) is 8.69. The molecule has 1 amide bonds. The van der Waals surface area contributed by atoms with Gasteiger partial charge in [0.1, 0.15) is 18.4 Å². The number of carbonyl (C=O) groups excluding carboxylic acids is 1. The maximum absolute atomic E-state index is 13.1. The summed E-state index contributed by atoms with van der Waals surface area (Å²) in [7, 11) is 0. The molecule has 19 heavy (non-hydrogen) atoms. The third-order valence-electron chi connectivity index (χ3n) is 2.16. The molecule has 1 aromatic rings. The Hall–Kier alpha value is -1.50. The molecule has 8 heteroatoms. The lowest BCUT2D eigenvalue weighted by Gasteiger charge is -2.16. The molecule has 2 N–H and O–H groups in total. The van der Waals surface area contributed by atoms with Crippen LogP contribution in [-0.2, 0) is 4.79 Å². The fourth-order valence-corrected chi connectivity index (χ4v) is 1.36. The second-order valence-electron chi connectivity index (χ2n) is 3.83. The Morgan fingerprint density at radius 3 is 2.58 bits per heavy atom. The van der Waals surface area contributed by atoms with E-state index in [1.165, 1.54) is 19.1 Å². The monoisotopic (exact) mass is 298 g/mol. The van der Waals surface area contributed by atoms with E-state index >= 15 is 0 Å². The van der Waals surface area contributed by atoms with E-state index in [1.807, 2.05) is 0 Å². The molecule has 0 bridgehead atoms. The fourth-order valence-electron chi connectivity index (χ4n) is 1.24. The molecular formula is C11H11ClF4N2O. The van der Waals surface area contributed by atoms with E-state index in [2.05, 4.69) is 5.32 Å². The van der Waals surface area contributed by atoms with E-state index in [1.54, 1.807) is 5.32 Å². The molecule has 0 saturated carbocycles. The normalized spacial score (nSPS) is 12.9. The van der Waals surface area contributed by atoms with Gasteiger partial charge in [-0.1, -0.05) is 11.6 Å². The summed E-state index contributed by atoms with van der Waals surface area (Å²) in [4.78, 5) is 11.4. The molecule has 1 unspecified atom stereocenters. The van der Waals surface area contributed by atoms with Crippen molar-refractivity contribution >= 4 is 23.2 Å². The predicted molar refractivity (Wildman–Crippen MR) is 63.6 cm³/mol. The number of halogens is 5. The topological polar surface area (TPSA) is 41.1 Å². The van der Waals surface area contributed by atoms with Crippen LogP contribution in [0.5, 0.6) is 0 Å². The SMILES string of the molecule is CC(Nc1ccc(Cl)c(F)c1)C(=O)NCC(F)(F)F. The lowest BCUT2D eigenvalue weighted by Crippen LogP contribution is -2.42. The molecule has 0 aliphatic rings. The zero-order valence-corrected chi connectivity index (χ0v) is 10.6. The van der Waals surface area contributed by atoms with Gasteiger partial charge >= 0.3 is 6.18 Å². The smallest absolute Gasteiger partial charge is 0.374 e. The highest BCUT2D eigenvalue weighted by Crippen LogP contribution is 2.19. The van der Waals surface area contributed by atoms with Crippen molar-refractivity contribution in [3.8, 4) is 0 Å². The van der Waals surface area contributed by atoms with Gasteiger partial charge in [-0.2, -0.15) is 13.2 Å². The van der Waals surface area contributed by atoms with Crippen LogP contribution in [0.3, 0.4) is 0 Å². The van der Waals surface area contributed by atoms with Gasteiger partial charge in [0.05, 0.1) is 5.02 Å². The lowest BCUT2D eigenvalue weighted by molar-refractivity contribution is -0.138. The molecule has 1 atom stereocenters. The zero-order valence-electron chi connectivity index (χ0n) is 9.81. The minimum absolute atomic E-state index is 0.0836. The first-order valence-electron chi connectivity index (χ1n) is 5.25. The van der Waals surface area contributed by atoms with Gasteiger partial charge in [0.15, 0.2) is 0 Å². The van der Waals surface area contributed by atoms with Crippen molar-refractivity contribution in [3.63, 3.8) is 0 Å². The quantitative estimate of drug-likeness (QED) is 0.839. The Bertz CT molecular complexity index is 464. The Kier molecular flexibility index (Phi) is 4.99. The summed E-state index contributed by atoms with van der Waals surface area (Å²) >= 11 is 5.47. The summed E-state index contributed by atoms with van der Waals surface area (Å²) < 4.78 is 48.8. The molecule has 0 radical (unpaired) electrons. The highest BCUT2D eigenvalue weighted by atomic mass is 35.5. The second kappa shape index (κ2) is 6.10.